The zero-order valence-electron chi connectivity index (χ0n) is 16.7. The van der Waals surface area contributed by atoms with E-state index in [9.17, 15) is 8.60 Å². The summed E-state index contributed by atoms with van der Waals surface area (Å²) in [5, 5.41) is 9.25. The highest BCUT2D eigenvalue weighted by Gasteiger charge is 2.45. The topological polar surface area (TPSA) is 79.3 Å². The molecule has 0 bridgehead atoms. The van der Waals surface area contributed by atoms with E-state index in [4.69, 9.17) is 27.3 Å². The van der Waals surface area contributed by atoms with Crippen LogP contribution in [0.15, 0.2) is 41.3 Å². The molecule has 1 fully saturated rings. The highest BCUT2D eigenvalue weighted by atomic mass is 35.5. The average Bonchev–Trinajstić information content (AvgIpc) is 2.69. The van der Waals surface area contributed by atoms with Crippen LogP contribution in [0.2, 0.25) is 5.02 Å². The SMILES string of the molecule is CC.Cc1ccc(S(=O)N2CC(CN)(COc3ccc(C#N)c(F)c3)C2)c(Cl)c1. The van der Waals surface area contributed by atoms with Crippen LogP contribution in [0.4, 0.5) is 4.39 Å². The molecule has 0 radical (unpaired) electrons. The summed E-state index contributed by atoms with van der Waals surface area (Å²) in [5.41, 5.74) is 6.52. The van der Waals surface area contributed by atoms with Gasteiger partial charge in [-0.15, -0.1) is 0 Å². The fourth-order valence-electron chi connectivity index (χ4n) is 2.90. The predicted molar refractivity (Wildman–Crippen MR) is 114 cm³/mol. The summed E-state index contributed by atoms with van der Waals surface area (Å²) in [6.45, 7) is 7.51. The maximum absolute atomic E-state index is 13.7. The number of hydrogen-bond donors (Lipinski definition) is 1. The molecule has 1 atom stereocenters. The Morgan fingerprint density at radius 3 is 2.55 bits per heavy atom. The Morgan fingerprint density at radius 2 is 2.00 bits per heavy atom. The van der Waals surface area contributed by atoms with Crippen molar-refractivity contribution < 1.29 is 13.3 Å². The van der Waals surface area contributed by atoms with Crippen LogP contribution >= 0.6 is 11.6 Å². The zero-order valence-corrected chi connectivity index (χ0v) is 18.3. The van der Waals surface area contributed by atoms with Crippen molar-refractivity contribution in [3.63, 3.8) is 0 Å². The first kappa shape index (κ1) is 23.3. The number of aryl methyl sites for hydroxylation is 1. The van der Waals surface area contributed by atoms with Crippen LogP contribution in [0.3, 0.4) is 0 Å². The number of ether oxygens (including phenoxy) is 1. The van der Waals surface area contributed by atoms with Crippen LogP contribution in [0, 0.1) is 29.5 Å². The molecule has 1 saturated heterocycles. The maximum atomic E-state index is 13.7. The van der Waals surface area contributed by atoms with E-state index in [1.807, 2.05) is 26.8 Å². The van der Waals surface area contributed by atoms with E-state index in [1.165, 1.54) is 12.1 Å². The van der Waals surface area contributed by atoms with Crippen molar-refractivity contribution in [2.45, 2.75) is 25.7 Å². The third-order valence-corrected chi connectivity index (χ3v) is 6.46. The van der Waals surface area contributed by atoms with Crippen LogP contribution in [0.25, 0.3) is 0 Å². The van der Waals surface area contributed by atoms with Crippen molar-refractivity contribution in [1.82, 2.24) is 4.31 Å². The van der Waals surface area contributed by atoms with Gasteiger partial charge < -0.3 is 10.5 Å². The number of nitriles is 1. The predicted octanol–water partition coefficient (Wildman–Crippen LogP) is 4.05. The molecule has 0 aromatic heterocycles. The minimum absolute atomic E-state index is 0.0314. The third-order valence-electron chi connectivity index (χ3n) is 4.57. The van der Waals surface area contributed by atoms with Crippen molar-refractivity contribution in [3.05, 3.63) is 58.4 Å². The Bertz CT molecular complexity index is 927. The average molecular weight is 438 g/mol. The lowest BCUT2D eigenvalue weighted by Crippen LogP contribution is -2.62. The lowest BCUT2D eigenvalue weighted by atomic mass is 9.83. The molecule has 29 heavy (non-hydrogen) atoms. The van der Waals surface area contributed by atoms with Crippen molar-refractivity contribution in [2.24, 2.45) is 11.1 Å². The first-order chi connectivity index (χ1) is 13.9. The van der Waals surface area contributed by atoms with E-state index >= 15 is 0 Å². The molecular weight excluding hydrogens is 413 g/mol. The molecule has 1 unspecified atom stereocenters. The number of hydrogen-bond acceptors (Lipinski definition) is 4. The highest BCUT2D eigenvalue weighted by Crippen LogP contribution is 2.35. The molecule has 2 N–H and O–H groups in total. The van der Waals surface area contributed by atoms with Crippen LogP contribution in [0.1, 0.15) is 25.0 Å². The first-order valence-corrected chi connectivity index (χ1v) is 10.8. The van der Waals surface area contributed by atoms with Crippen molar-refractivity contribution >= 4 is 22.6 Å². The second-order valence-corrected chi connectivity index (χ2v) is 8.59. The Hall–Kier alpha value is -1.98. The van der Waals surface area contributed by atoms with E-state index in [2.05, 4.69) is 0 Å². The Morgan fingerprint density at radius 1 is 1.31 bits per heavy atom. The summed E-state index contributed by atoms with van der Waals surface area (Å²) in [5.74, 6) is -0.289. The lowest BCUT2D eigenvalue weighted by Gasteiger charge is -2.48. The number of nitrogens with two attached hydrogens (primary N) is 1. The van der Waals surface area contributed by atoms with Crippen LogP contribution in [-0.4, -0.2) is 34.8 Å². The molecular formula is C21H25ClFN3O2S. The van der Waals surface area contributed by atoms with Gasteiger partial charge in [0.15, 0.2) is 0 Å². The molecule has 156 valence electrons. The number of benzene rings is 2. The van der Waals surface area contributed by atoms with E-state index in [0.717, 1.165) is 5.56 Å². The zero-order chi connectivity index (χ0) is 21.6. The fraction of sp³-hybridized carbons (Fsp3) is 0.381. The van der Waals surface area contributed by atoms with E-state index in [0.29, 0.717) is 35.3 Å². The second-order valence-electron chi connectivity index (χ2n) is 6.73. The van der Waals surface area contributed by atoms with Gasteiger partial charge in [0.2, 0.25) is 0 Å². The minimum Gasteiger partial charge on any atom is -0.493 e. The van der Waals surface area contributed by atoms with Crippen LogP contribution in [-0.2, 0) is 11.0 Å². The van der Waals surface area contributed by atoms with Gasteiger partial charge in [0.1, 0.15) is 28.6 Å². The molecule has 1 heterocycles. The molecule has 1 aliphatic rings. The van der Waals surface area contributed by atoms with Gasteiger partial charge in [-0.25, -0.2) is 12.9 Å². The van der Waals surface area contributed by atoms with Gasteiger partial charge in [-0.2, -0.15) is 5.26 Å². The van der Waals surface area contributed by atoms with Gasteiger partial charge in [-0.1, -0.05) is 31.5 Å². The van der Waals surface area contributed by atoms with Crippen molar-refractivity contribution in [1.29, 1.82) is 5.26 Å². The summed E-state index contributed by atoms with van der Waals surface area (Å²) in [6.07, 6.45) is 0. The first-order valence-electron chi connectivity index (χ1n) is 9.33. The molecule has 2 aromatic rings. The third kappa shape index (κ3) is 5.34. The van der Waals surface area contributed by atoms with Gasteiger partial charge >= 0.3 is 0 Å². The molecule has 1 aliphatic heterocycles. The normalized spacial score (nSPS) is 16.0. The summed E-state index contributed by atoms with van der Waals surface area (Å²) in [7, 11) is -1.37. The van der Waals surface area contributed by atoms with Gasteiger partial charge in [-0.3, -0.25) is 0 Å². The van der Waals surface area contributed by atoms with E-state index in [1.54, 1.807) is 28.6 Å². The number of nitrogens with zero attached hydrogens (tertiary/aromatic N) is 2. The summed E-state index contributed by atoms with van der Waals surface area (Å²) in [4.78, 5) is 0.572. The summed E-state index contributed by atoms with van der Waals surface area (Å²) >= 11 is 6.21. The number of halogens is 2. The summed E-state index contributed by atoms with van der Waals surface area (Å²) < 4.78 is 33.9. The molecule has 0 aliphatic carbocycles. The molecule has 0 spiro atoms. The Balaban J connectivity index is 0.00000145. The molecule has 8 heteroatoms. The van der Waals surface area contributed by atoms with Gasteiger partial charge in [0.25, 0.3) is 0 Å². The Kier molecular flexibility index (Phi) is 8.17. The van der Waals surface area contributed by atoms with Gasteiger partial charge in [0.05, 0.1) is 22.1 Å². The van der Waals surface area contributed by atoms with Gasteiger partial charge in [-0.05, 0) is 36.8 Å². The van der Waals surface area contributed by atoms with Crippen molar-refractivity contribution in [2.75, 3.05) is 26.2 Å². The molecule has 5 nitrogen and oxygen atoms in total. The monoisotopic (exact) mass is 437 g/mol. The standard InChI is InChI=1S/C19H19ClFN3O2S.C2H6/c1-13-2-5-18(16(20)6-13)27(25)24-10-19(9-23,11-24)12-26-15-4-3-14(8-22)17(21)7-15;1-2/h2-7H,9-12,23H2,1H3;1-2H3. The number of rotatable bonds is 6. The largest absolute Gasteiger partial charge is 0.493 e. The van der Waals surface area contributed by atoms with E-state index in [-0.39, 0.29) is 17.6 Å². The van der Waals surface area contributed by atoms with E-state index < -0.39 is 16.8 Å². The minimum atomic E-state index is -1.37. The molecule has 2 aromatic carbocycles. The lowest BCUT2D eigenvalue weighted by molar-refractivity contribution is 0.0301. The highest BCUT2D eigenvalue weighted by molar-refractivity contribution is 7.82. The second kappa shape index (κ2) is 10.2. The Labute approximate surface area is 178 Å². The van der Waals surface area contributed by atoms with Crippen molar-refractivity contribution in [3.8, 4) is 11.8 Å². The smallest absolute Gasteiger partial charge is 0.144 e. The summed E-state index contributed by atoms with van der Waals surface area (Å²) in [6, 6.07) is 11.3. The van der Waals surface area contributed by atoms with Crippen LogP contribution < -0.4 is 10.5 Å². The van der Waals surface area contributed by atoms with Gasteiger partial charge in [0, 0.05) is 31.1 Å². The fourth-order valence-corrected chi connectivity index (χ4v) is 4.80. The maximum Gasteiger partial charge on any atom is 0.144 e. The molecule has 0 amide bonds. The molecule has 3 rings (SSSR count). The van der Waals surface area contributed by atoms with Crippen LogP contribution in [0.5, 0.6) is 5.75 Å². The quantitative estimate of drug-likeness (QED) is 0.739. The molecule has 0 saturated carbocycles.